The van der Waals surface area contributed by atoms with E-state index in [1.807, 2.05) is 36.4 Å². The van der Waals surface area contributed by atoms with Crippen molar-refractivity contribution in [2.75, 3.05) is 13.1 Å². The normalized spacial score (nSPS) is 14.9. The Morgan fingerprint density at radius 2 is 1.39 bits per heavy atom. The summed E-state index contributed by atoms with van der Waals surface area (Å²) in [6, 6.07) is 30.9. The second-order valence-corrected chi connectivity index (χ2v) is 12.4. The summed E-state index contributed by atoms with van der Waals surface area (Å²) in [4.78, 5) is 68.9. The first-order valence-electron chi connectivity index (χ1n) is 16.8. The summed E-state index contributed by atoms with van der Waals surface area (Å²) in [7, 11) is 0. The van der Waals surface area contributed by atoms with Crippen molar-refractivity contribution >= 4 is 29.7 Å². The highest BCUT2D eigenvalue weighted by atomic mass is 16.6. The molecule has 1 saturated heterocycles. The van der Waals surface area contributed by atoms with Gasteiger partial charge in [0.05, 0.1) is 12.6 Å². The van der Waals surface area contributed by atoms with Crippen LogP contribution < -0.4 is 10.1 Å². The van der Waals surface area contributed by atoms with Crippen molar-refractivity contribution in [3.8, 4) is 5.75 Å². The van der Waals surface area contributed by atoms with Crippen molar-refractivity contribution in [1.29, 1.82) is 0 Å². The van der Waals surface area contributed by atoms with Crippen molar-refractivity contribution in [2.24, 2.45) is 0 Å². The number of hydrogen-bond donors (Lipinski definition) is 2. The summed E-state index contributed by atoms with van der Waals surface area (Å²) in [5, 5.41) is 12.5. The Hall–Kier alpha value is -5.97. The lowest BCUT2D eigenvalue weighted by Crippen LogP contribution is -2.55. The van der Waals surface area contributed by atoms with Gasteiger partial charge in [-0.2, -0.15) is 0 Å². The van der Waals surface area contributed by atoms with Crippen molar-refractivity contribution in [2.45, 2.75) is 57.5 Å². The van der Waals surface area contributed by atoms with E-state index in [0.29, 0.717) is 29.9 Å². The fourth-order valence-corrected chi connectivity index (χ4v) is 5.88. The van der Waals surface area contributed by atoms with Crippen molar-refractivity contribution in [3.05, 3.63) is 138 Å². The van der Waals surface area contributed by atoms with E-state index in [-0.39, 0.29) is 26.0 Å². The maximum atomic E-state index is 14.1. The summed E-state index contributed by atoms with van der Waals surface area (Å²) in [6.45, 7) is 1.35. The third kappa shape index (κ3) is 10.0. The molecule has 264 valence electrons. The fraction of sp³-hybridized carbons (Fsp3) is 0.275. The van der Waals surface area contributed by atoms with Gasteiger partial charge in [-0.25, -0.2) is 9.59 Å². The van der Waals surface area contributed by atoms with Crippen LogP contribution >= 0.6 is 0 Å². The molecule has 1 unspecified atom stereocenters. The number of aliphatic carboxylic acids is 1. The van der Waals surface area contributed by atoms with Crippen molar-refractivity contribution < 1.29 is 38.6 Å². The highest BCUT2D eigenvalue weighted by Gasteiger charge is 2.40. The number of amides is 3. The molecule has 1 fully saturated rings. The van der Waals surface area contributed by atoms with Crippen LogP contribution in [0.25, 0.3) is 0 Å². The molecule has 1 heterocycles. The third-order valence-corrected chi connectivity index (χ3v) is 8.75. The standard InChI is InChI=1S/C40H41N3O8/c1-28(38(46)42-23-11-18-35(42)39(47)48)43(40(49)51-27-31-14-7-3-8-15-31)25-36(44)34(41-37(45)32-16-9-4-10-17-32)24-29-19-21-33(22-20-29)50-26-30-12-5-2-6-13-30/h2-10,12-17,19-22,28,34-35H,11,18,23-27H2,1H3,(H,41,45)(H,47,48)/t28-,34?,35-/m0/s1. The van der Waals surface area contributed by atoms with E-state index in [1.165, 1.54) is 11.8 Å². The van der Waals surface area contributed by atoms with Gasteiger partial charge in [0.1, 0.15) is 31.0 Å². The predicted molar refractivity (Wildman–Crippen MR) is 189 cm³/mol. The minimum atomic E-state index is -1.23. The van der Waals surface area contributed by atoms with Crippen LogP contribution in [0.3, 0.4) is 0 Å². The average molecular weight is 692 g/mol. The van der Waals surface area contributed by atoms with Crippen LogP contribution in [0.4, 0.5) is 4.79 Å². The number of carbonyl (C=O) groups is 5. The van der Waals surface area contributed by atoms with Gasteiger partial charge in [-0.15, -0.1) is 0 Å². The minimum absolute atomic E-state index is 0.0822. The molecule has 2 N–H and O–H groups in total. The van der Waals surface area contributed by atoms with E-state index in [1.54, 1.807) is 78.9 Å². The Labute approximate surface area is 296 Å². The number of ketones is 1. The Morgan fingerprint density at radius 1 is 0.804 bits per heavy atom. The molecule has 1 aliphatic heterocycles. The van der Waals surface area contributed by atoms with Crippen molar-refractivity contribution in [3.63, 3.8) is 0 Å². The van der Waals surface area contributed by atoms with E-state index >= 15 is 0 Å². The number of nitrogens with zero attached hydrogens (tertiary/aromatic N) is 2. The fourth-order valence-electron chi connectivity index (χ4n) is 5.88. The quantitative estimate of drug-likeness (QED) is 0.172. The number of rotatable bonds is 15. The Bertz CT molecular complexity index is 1790. The van der Waals surface area contributed by atoms with Crippen LogP contribution in [0.2, 0.25) is 0 Å². The van der Waals surface area contributed by atoms with Crippen LogP contribution in [0.1, 0.15) is 46.8 Å². The van der Waals surface area contributed by atoms with E-state index in [4.69, 9.17) is 9.47 Å². The second kappa shape index (κ2) is 17.6. The molecule has 4 aromatic rings. The van der Waals surface area contributed by atoms with Gasteiger partial charge in [0.15, 0.2) is 5.78 Å². The SMILES string of the molecule is C[C@@H](C(=O)N1CCC[C@H]1C(=O)O)N(CC(=O)C(Cc1ccc(OCc2ccccc2)cc1)NC(=O)c1ccccc1)C(=O)OCc1ccccc1. The second-order valence-electron chi connectivity index (χ2n) is 12.4. The molecule has 11 nitrogen and oxygen atoms in total. The number of Topliss-reactive ketones (excluding diaryl/α,β-unsaturated/α-hetero) is 1. The lowest BCUT2D eigenvalue weighted by Gasteiger charge is -2.32. The minimum Gasteiger partial charge on any atom is -0.489 e. The summed E-state index contributed by atoms with van der Waals surface area (Å²) in [6.07, 6.45) is -0.0587. The molecule has 3 amide bonds. The summed E-state index contributed by atoms with van der Waals surface area (Å²) in [5.41, 5.74) is 2.78. The number of carboxylic acid groups (broad SMARTS) is 1. The highest BCUT2D eigenvalue weighted by Crippen LogP contribution is 2.21. The van der Waals surface area contributed by atoms with Crippen LogP contribution in [0, 0.1) is 0 Å². The molecule has 3 atom stereocenters. The zero-order chi connectivity index (χ0) is 36.2. The molecule has 0 bridgehead atoms. The van der Waals surface area contributed by atoms with Gasteiger partial charge in [-0.3, -0.25) is 19.3 Å². The molecule has 1 aliphatic rings. The molecule has 5 rings (SSSR count). The van der Waals surface area contributed by atoms with Gasteiger partial charge in [0, 0.05) is 12.1 Å². The first-order chi connectivity index (χ1) is 24.7. The van der Waals surface area contributed by atoms with E-state index < -0.39 is 54.3 Å². The van der Waals surface area contributed by atoms with Crippen LogP contribution in [-0.2, 0) is 38.8 Å². The first-order valence-corrected chi connectivity index (χ1v) is 16.8. The van der Waals surface area contributed by atoms with Gasteiger partial charge in [-0.05, 0) is 67.1 Å². The lowest BCUT2D eigenvalue weighted by atomic mass is 10.0. The third-order valence-electron chi connectivity index (χ3n) is 8.75. The molecular weight excluding hydrogens is 650 g/mol. The number of hydrogen-bond acceptors (Lipinski definition) is 7. The van der Waals surface area contributed by atoms with Crippen LogP contribution in [0.5, 0.6) is 5.75 Å². The van der Waals surface area contributed by atoms with Gasteiger partial charge in [0.2, 0.25) is 5.91 Å². The van der Waals surface area contributed by atoms with E-state index in [0.717, 1.165) is 16.0 Å². The molecule has 0 spiro atoms. The predicted octanol–water partition coefficient (Wildman–Crippen LogP) is 5.28. The number of nitrogens with one attached hydrogen (secondary N) is 1. The molecule has 0 aromatic heterocycles. The zero-order valence-corrected chi connectivity index (χ0v) is 28.4. The average Bonchev–Trinajstić information content (AvgIpc) is 3.67. The van der Waals surface area contributed by atoms with Gasteiger partial charge in [0.25, 0.3) is 5.91 Å². The molecular formula is C40H41N3O8. The van der Waals surface area contributed by atoms with Crippen LogP contribution in [0.15, 0.2) is 115 Å². The Balaban J connectivity index is 1.36. The lowest BCUT2D eigenvalue weighted by molar-refractivity contribution is -0.150. The van der Waals surface area contributed by atoms with Gasteiger partial charge >= 0.3 is 12.1 Å². The first kappa shape index (κ1) is 36.3. The smallest absolute Gasteiger partial charge is 0.411 e. The Morgan fingerprint density at radius 3 is 2.00 bits per heavy atom. The monoisotopic (exact) mass is 691 g/mol. The maximum absolute atomic E-state index is 14.1. The Kier molecular flexibility index (Phi) is 12.5. The zero-order valence-electron chi connectivity index (χ0n) is 28.4. The van der Waals surface area contributed by atoms with Gasteiger partial charge < -0.3 is 24.8 Å². The topological polar surface area (TPSA) is 143 Å². The van der Waals surface area contributed by atoms with Crippen LogP contribution in [-0.4, -0.2) is 75.8 Å². The molecule has 0 saturated carbocycles. The molecule has 0 aliphatic carbocycles. The number of carboxylic acids is 1. The van der Waals surface area contributed by atoms with Gasteiger partial charge in [-0.1, -0.05) is 91.0 Å². The molecule has 11 heteroatoms. The largest absolute Gasteiger partial charge is 0.489 e. The number of carbonyl (C=O) groups excluding carboxylic acids is 4. The maximum Gasteiger partial charge on any atom is 0.411 e. The van der Waals surface area contributed by atoms with Crippen molar-refractivity contribution in [1.82, 2.24) is 15.1 Å². The molecule has 0 radical (unpaired) electrons. The highest BCUT2D eigenvalue weighted by molar-refractivity contribution is 5.99. The van der Waals surface area contributed by atoms with E-state index in [2.05, 4.69) is 5.32 Å². The summed E-state index contributed by atoms with van der Waals surface area (Å²) < 4.78 is 11.5. The van der Waals surface area contributed by atoms with E-state index in [9.17, 15) is 29.1 Å². The number of ether oxygens (including phenoxy) is 2. The number of likely N-dealkylation sites (tertiary alicyclic amines) is 1. The summed E-state index contributed by atoms with van der Waals surface area (Å²) in [5.74, 6) is -2.15. The molecule has 51 heavy (non-hydrogen) atoms. The summed E-state index contributed by atoms with van der Waals surface area (Å²) >= 11 is 0. The molecule has 4 aromatic carbocycles. The number of benzene rings is 4.